The van der Waals surface area contributed by atoms with Gasteiger partial charge in [0.05, 0.1) is 28.9 Å². The third kappa shape index (κ3) is 5.04. The Hall–Kier alpha value is -3.00. The lowest BCUT2D eigenvalue weighted by Crippen LogP contribution is -2.40. The Bertz CT molecular complexity index is 845. The number of amides is 1. The zero-order chi connectivity index (χ0) is 19.9. The van der Waals surface area contributed by atoms with Gasteiger partial charge >= 0.3 is 0 Å². The number of likely N-dealkylation sites (tertiary alicyclic amines) is 1. The van der Waals surface area contributed by atoms with E-state index in [0.29, 0.717) is 6.54 Å². The maximum Gasteiger partial charge on any atom is 0.279 e. The van der Waals surface area contributed by atoms with Crippen LogP contribution in [0.5, 0.6) is 0 Å². The summed E-state index contributed by atoms with van der Waals surface area (Å²) in [4.78, 5) is 24.9. The summed E-state index contributed by atoms with van der Waals surface area (Å²) in [6, 6.07) is 6.88. The van der Waals surface area contributed by atoms with Gasteiger partial charge in [0.25, 0.3) is 5.69 Å². The summed E-state index contributed by atoms with van der Waals surface area (Å²) in [5.74, 6) is -0.288. The van der Waals surface area contributed by atoms with Crippen LogP contribution in [-0.2, 0) is 4.79 Å². The van der Waals surface area contributed by atoms with Gasteiger partial charge in [0.1, 0.15) is 11.6 Å². The van der Waals surface area contributed by atoms with Crippen LogP contribution in [0.2, 0.25) is 0 Å². The summed E-state index contributed by atoms with van der Waals surface area (Å²) in [5.41, 5.74) is -0.217. The highest BCUT2D eigenvalue weighted by Crippen LogP contribution is 2.25. The zero-order valence-corrected chi connectivity index (χ0v) is 15.3. The number of nitrogens with one attached hydrogen (secondary N) is 1. The predicted octanol–water partition coefficient (Wildman–Crippen LogP) is 3.68. The fourth-order valence-electron chi connectivity index (χ4n) is 3.36. The minimum atomic E-state index is -0.698. The fourth-order valence-corrected chi connectivity index (χ4v) is 3.36. The lowest BCUT2D eigenvalue weighted by Gasteiger charge is -2.33. The highest BCUT2D eigenvalue weighted by atomic mass is 19.1. The van der Waals surface area contributed by atoms with E-state index in [2.05, 4.69) is 10.2 Å². The topological polar surface area (TPSA) is 88.6 Å². The Morgan fingerprint density at radius 3 is 2.79 bits per heavy atom. The minimum Gasteiger partial charge on any atom is -0.468 e. The van der Waals surface area contributed by atoms with E-state index in [9.17, 15) is 19.3 Å². The molecule has 1 atom stereocenters. The molecule has 7 nitrogen and oxygen atoms in total. The van der Waals surface area contributed by atoms with Crippen LogP contribution in [0.15, 0.2) is 47.1 Å². The van der Waals surface area contributed by atoms with Crippen molar-refractivity contribution in [1.82, 2.24) is 10.2 Å². The molecule has 0 spiro atoms. The highest BCUT2D eigenvalue weighted by molar-refractivity contribution is 5.92. The summed E-state index contributed by atoms with van der Waals surface area (Å²) in [6.07, 6.45) is 7.57. The van der Waals surface area contributed by atoms with E-state index in [1.165, 1.54) is 24.6 Å². The normalized spacial score (nSPS) is 16.2. The summed E-state index contributed by atoms with van der Waals surface area (Å²) in [7, 11) is 0. The van der Waals surface area contributed by atoms with Gasteiger partial charge in [0.15, 0.2) is 0 Å². The smallest absolute Gasteiger partial charge is 0.279 e. The molecule has 1 aromatic carbocycles. The van der Waals surface area contributed by atoms with Crippen molar-refractivity contribution in [3.63, 3.8) is 0 Å². The molecule has 1 N–H and O–H groups in total. The van der Waals surface area contributed by atoms with Crippen LogP contribution in [0.1, 0.15) is 36.6 Å². The van der Waals surface area contributed by atoms with Crippen molar-refractivity contribution in [2.45, 2.75) is 25.3 Å². The molecular weight excluding hydrogens is 365 g/mol. The van der Waals surface area contributed by atoms with Gasteiger partial charge in [0.2, 0.25) is 5.91 Å². The fraction of sp³-hybridized carbons (Fsp3) is 0.350. The van der Waals surface area contributed by atoms with E-state index >= 15 is 0 Å². The SMILES string of the molecule is O=C(C=Cc1ccc(F)cc1[N+](=O)[O-])NCC(c1ccco1)N1CCCCC1. The third-order valence-electron chi connectivity index (χ3n) is 4.78. The Labute approximate surface area is 162 Å². The molecule has 0 aliphatic carbocycles. The first kappa shape index (κ1) is 19.8. The number of nitro groups is 1. The van der Waals surface area contributed by atoms with E-state index in [1.54, 1.807) is 6.26 Å². The Kier molecular flexibility index (Phi) is 6.54. The Morgan fingerprint density at radius 1 is 1.32 bits per heavy atom. The van der Waals surface area contributed by atoms with Crippen molar-refractivity contribution in [1.29, 1.82) is 0 Å². The van der Waals surface area contributed by atoms with Gasteiger partial charge in [-0.3, -0.25) is 19.8 Å². The molecule has 8 heteroatoms. The van der Waals surface area contributed by atoms with Gasteiger partial charge in [-0.25, -0.2) is 4.39 Å². The van der Waals surface area contributed by atoms with Crippen molar-refractivity contribution >= 4 is 17.7 Å². The van der Waals surface area contributed by atoms with Crippen molar-refractivity contribution in [2.24, 2.45) is 0 Å². The van der Waals surface area contributed by atoms with Crippen LogP contribution in [0.4, 0.5) is 10.1 Å². The zero-order valence-electron chi connectivity index (χ0n) is 15.3. The molecular formula is C20H22FN3O4. The molecule has 148 valence electrons. The van der Waals surface area contributed by atoms with Gasteiger partial charge in [0, 0.05) is 12.6 Å². The number of rotatable bonds is 7. The number of carbonyl (C=O) groups excluding carboxylic acids is 1. The molecule has 2 heterocycles. The van der Waals surface area contributed by atoms with Gasteiger partial charge in [-0.15, -0.1) is 0 Å². The predicted molar refractivity (Wildman–Crippen MR) is 102 cm³/mol. The molecule has 1 aliphatic heterocycles. The number of hydrogen-bond acceptors (Lipinski definition) is 5. The van der Waals surface area contributed by atoms with Gasteiger partial charge in [-0.05, 0) is 56.3 Å². The average molecular weight is 387 g/mol. The van der Waals surface area contributed by atoms with E-state index in [0.717, 1.165) is 43.8 Å². The second-order valence-corrected chi connectivity index (χ2v) is 6.67. The van der Waals surface area contributed by atoms with Crippen molar-refractivity contribution in [2.75, 3.05) is 19.6 Å². The third-order valence-corrected chi connectivity index (χ3v) is 4.78. The number of nitro benzene ring substituents is 1. The Balaban J connectivity index is 1.65. The molecule has 28 heavy (non-hydrogen) atoms. The summed E-state index contributed by atoms with van der Waals surface area (Å²) < 4.78 is 18.7. The Morgan fingerprint density at radius 2 is 2.11 bits per heavy atom. The van der Waals surface area contributed by atoms with Gasteiger partial charge < -0.3 is 9.73 Å². The van der Waals surface area contributed by atoms with Gasteiger partial charge in [-0.1, -0.05) is 6.42 Å². The van der Waals surface area contributed by atoms with E-state index in [-0.39, 0.29) is 23.2 Å². The number of benzene rings is 1. The van der Waals surface area contributed by atoms with Crippen LogP contribution < -0.4 is 5.32 Å². The first-order valence-corrected chi connectivity index (χ1v) is 9.22. The van der Waals surface area contributed by atoms with E-state index in [1.807, 2.05) is 12.1 Å². The van der Waals surface area contributed by atoms with Crippen LogP contribution in [0.25, 0.3) is 6.08 Å². The maximum absolute atomic E-state index is 13.2. The number of carbonyl (C=O) groups is 1. The maximum atomic E-state index is 13.2. The molecule has 1 amide bonds. The summed E-state index contributed by atoms with van der Waals surface area (Å²) in [5, 5.41) is 13.9. The molecule has 3 rings (SSSR count). The average Bonchev–Trinajstić information content (AvgIpc) is 3.22. The minimum absolute atomic E-state index is 0.0622. The second-order valence-electron chi connectivity index (χ2n) is 6.67. The number of halogens is 1. The number of furan rings is 1. The number of nitrogens with zero attached hydrogens (tertiary/aromatic N) is 2. The molecule has 2 aromatic rings. The summed E-state index contributed by atoms with van der Waals surface area (Å²) >= 11 is 0. The molecule has 1 aliphatic rings. The molecule has 1 saturated heterocycles. The number of piperidine rings is 1. The molecule has 0 radical (unpaired) electrons. The molecule has 1 unspecified atom stereocenters. The van der Waals surface area contributed by atoms with Crippen molar-refractivity contribution in [3.05, 3.63) is 69.9 Å². The van der Waals surface area contributed by atoms with Crippen LogP contribution in [-0.4, -0.2) is 35.4 Å². The van der Waals surface area contributed by atoms with Crippen molar-refractivity contribution < 1.29 is 18.5 Å². The summed E-state index contributed by atoms with van der Waals surface area (Å²) in [6.45, 7) is 2.25. The molecule has 0 saturated carbocycles. The first-order chi connectivity index (χ1) is 13.5. The molecule has 1 aromatic heterocycles. The quantitative estimate of drug-likeness (QED) is 0.445. The second kappa shape index (κ2) is 9.27. The van der Waals surface area contributed by atoms with Crippen LogP contribution in [0, 0.1) is 15.9 Å². The molecule has 1 fully saturated rings. The largest absolute Gasteiger partial charge is 0.468 e. The first-order valence-electron chi connectivity index (χ1n) is 9.22. The van der Waals surface area contributed by atoms with Gasteiger partial charge in [-0.2, -0.15) is 0 Å². The lowest BCUT2D eigenvalue weighted by atomic mass is 10.1. The highest BCUT2D eigenvalue weighted by Gasteiger charge is 2.24. The van der Waals surface area contributed by atoms with E-state index < -0.39 is 10.7 Å². The van der Waals surface area contributed by atoms with Crippen LogP contribution in [0.3, 0.4) is 0 Å². The monoisotopic (exact) mass is 387 g/mol. The van der Waals surface area contributed by atoms with E-state index in [4.69, 9.17) is 4.42 Å². The lowest BCUT2D eigenvalue weighted by molar-refractivity contribution is -0.385. The van der Waals surface area contributed by atoms with Crippen LogP contribution >= 0.6 is 0 Å². The standard InChI is InChI=1S/C20H22FN3O4/c21-16-8-6-15(17(13-16)24(26)27)7-9-20(25)22-14-18(19-5-4-12-28-19)23-10-2-1-3-11-23/h4-9,12-13,18H,1-3,10-11,14H2,(H,22,25). The van der Waals surface area contributed by atoms with Crippen molar-refractivity contribution in [3.8, 4) is 0 Å². The number of hydrogen-bond donors (Lipinski definition) is 1. The molecule has 0 bridgehead atoms.